The average molecular weight is 421 g/mol. The molecule has 0 atom stereocenters. The van der Waals surface area contributed by atoms with Crippen molar-refractivity contribution in [2.45, 2.75) is 0 Å². The third-order valence-electron chi connectivity index (χ3n) is 6.55. The van der Waals surface area contributed by atoms with Gasteiger partial charge in [-0.1, -0.05) is 84.9 Å². The maximum absolute atomic E-state index is 6.56. The summed E-state index contributed by atoms with van der Waals surface area (Å²) in [4.78, 5) is 4.25. The summed E-state index contributed by atoms with van der Waals surface area (Å²) in [6, 6.07) is 36.4. The summed E-state index contributed by atoms with van der Waals surface area (Å²) in [5.74, 6) is 0. The second kappa shape index (κ2) is 7.04. The maximum Gasteiger partial charge on any atom is 0.143 e. The first-order valence-corrected chi connectivity index (χ1v) is 11.1. The lowest BCUT2D eigenvalue weighted by molar-refractivity contribution is 0.670. The van der Waals surface area contributed by atoms with Gasteiger partial charge < -0.3 is 4.42 Å². The molecule has 0 bridgehead atoms. The smallest absolute Gasteiger partial charge is 0.143 e. The van der Waals surface area contributed by atoms with Crippen molar-refractivity contribution in [2.75, 3.05) is 0 Å². The molecule has 0 N–H and O–H groups in total. The number of nitrogens with zero attached hydrogens (tertiary/aromatic N) is 1. The Hall–Kier alpha value is -4.43. The third-order valence-corrected chi connectivity index (χ3v) is 6.55. The molecule has 5 aromatic carbocycles. The molecule has 0 aliphatic heterocycles. The summed E-state index contributed by atoms with van der Waals surface area (Å²) in [7, 11) is 0. The first kappa shape index (κ1) is 18.2. The molecule has 0 saturated heterocycles. The quantitative estimate of drug-likeness (QED) is 0.279. The molecular formula is C31H19NO. The van der Waals surface area contributed by atoms with E-state index in [9.17, 15) is 0 Å². The lowest BCUT2D eigenvalue weighted by atomic mass is 9.94. The zero-order chi connectivity index (χ0) is 21.8. The summed E-state index contributed by atoms with van der Waals surface area (Å²) in [6.45, 7) is 0. The van der Waals surface area contributed by atoms with E-state index in [1.54, 1.807) is 6.20 Å². The van der Waals surface area contributed by atoms with Crippen LogP contribution in [0.5, 0.6) is 0 Å². The Morgan fingerprint density at radius 1 is 0.545 bits per heavy atom. The summed E-state index contributed by atoms with van der Waals surface area (Å²) in [6.07, 6.45) is 3.70. The number of pyridine rings is 1. The van der Waals surface area contributed by atoms with E-state index >= 15 is 0 Å². The molecule has 33 heavy (non-hydrogen) atoms. The fourth-order valence-electron chi connectivity index (χ4n) is 4.98. The van der Waals surface area contributed by atoms with E-state index in [1.165, 1.54) is 32.3 Å². The molecule has 2 heterocycles. The van der Waals surface area contributed by atoms with Gasteiger partial charge in [-0.25, -0.2) is 0 Å². The van der Waals surface area contributed by atoms with Crippen molar-refractivity contribution in [1.29, 1.82) is 0 Å². The van der Waals surface area contributed by atoms with Gasteiger partial charge >= 0.3 is 0 Å². The van der Waals surface area contributed by atoms with Crippen LogP contribution in [0.2, 0.25) is 0 Å². The van der Waals surface area contributed by atoms with Crippen LogP contribution < -0.4 is 0 Å². The normalized spacial score (nSPS) is 11.6. The molecule has 2 nitrogen and oxygen atoms in total. The highest BCUT2D eigenvalue weighted by Crippen LogP contribution is 2.43. The number of fused-ring (bicyclic) bond motifs is 7. The highest BCUT2D eigenvalue weighted by Gasteiger charge is 2.18. The van der Waals surface area contributed by atoms with E-state index in [1.807, 2.05) is 12.3 Å². The molecule has 2 aromatic heterocycles. The van der Waals surface area contributed by atoms with Crippen molar-refractivity contribution in [3.05, 3.63) is 116 Å². The Balaban J connectivity index is 1.55. The van der Waals surface area contributed by atoms with Crippen LogP contribution in [0.25, 0.3) is 65.7 Å². The molecule has 0 amide bonds. The Bertz CT molecular complexity index is 1790. The Kier molecular flexibility index (Phi) is 3.88. The summed E-state index contributed by atoms with van der Waals surface area (Å²) in [5.41, 5.74) is 6.38. The first-order valence-electron chi connectivity index (χ1n) is 11.1. The molecule has 0 aliphatic rings. The van der Waals surface area contributed by atoms with Crippen molar-refractivity contribution in [3.8, 4) is 22.3 Å². The molecule has 7 rings (SSSR count). The van der Waals surface area contributed by atoms with E-state index in [4.69, 9.17) is 4.42 Å². The number of rotatable bonds is 2. The van der Waals surface area contributed by atoms with Crippen molar-refractivity contribution in [2.24, 2.45) is 0 Å². The fraction of sp³-hybridized carbons (Fsp3) is 0. The highest BCUT2D eigenvalue weighted by atomic mass is 16.3. The number of hydrogen-bond acceptors (Lipinski definition) is 2. The Morgan fingerprint density at radius 3 is 2.06 bits per heavy atom. The SMILES string of the molecule is c1cncc(-c2ccc(-c3cc4ccccc4c4c3oc3ccc5ccccc5c34)cc2)c1. The number of benzene rings is 5. The van der Waals surface area contributed by atoms with Gasteiger partial charge in [0, 0.05) is 28.7 Å². The van der Waals surface area contributed by atoms with Crippen LogP contribution in [-0.4, -0.2) is 4.98 Å². The van der Waals surface area contributed by atoms with E-state index in [-0.39, 0.29) is 0 Å². The highest BCUT2D eigenvalue weighted by molar-refractivity contribution is 6.28. The summed E-state index contributed by atoms with van der Waals surface area (Å²) in [5, 5.41) is 7.26. The zero-order valence-corrected chi connectivity index (χ0v) is 17.8. The summed E-state index contributed by atoms with van der Waals surface area (Å²) >= 11 is 0. The number of hydrogen-bond donors (Lipinski definition) is 0. The van der Waals surface area contributed by atoms with Gasteiger partial charge in [-0.15, -0.1) is 0 Å². The molecular weight excluding hydrogens is 402 g/mol. The molecule has 0 fully saturated rings. The molecule has 0 unspecified atom stereocenters. The Labute approximate surface area is 190 Å². The second-order valence-corrected chi connectivity index (χ2v) is 8.43. The number of furan rings is 1. The van der Waals surface area contributed by atoms with E-state index in [0.717, 1.165) is 33.4 Å². The lowest BCUT2D eigenvalue weighted by Crippen LogP contribution is -1.84. The topological polar surface area (TPSA) is 26.0 Å². The van der Waals surface area contributed by atoms with E-state index < -0.39 is 0 Å². The van der Waals surface area contributed by atoms with Gasteiger partial charge in [-0.3, -0.25) is 4.98 Å². The average Bonchev–Trinajstić information content (AvgIpc) is 3.29. The number of aromatic nitrogens is 1. The molecule has 0 spiro atoms. The zero-order valence-electron chi connectivity index (χ0n) is 17.8. The lowest BCUT2D eigenvalue weighted by Gasteiger charge is -2.08. The molecule has 154 valence electrons. The largest absolute Gasteiger partial charge is 0.455 e. The monoisotopic (exact) mass is 421 g/mol. The van der Waals surface area contributed by atoms with Crippen molar-refractivity contribution in [3.63, 3.8) is 0 Å². The van der Waals surface area contributed by atoms with Crippen LogP contribution in [0.3, 0.4) is 0 Å². The van der Waals surface area contributed by atoms with E-state index in [2.05, 4.69) is 102 Å². The van der Waals surface area contributed by atoms with E-state index in [0.29, 0.717) is 0 Å². The summed E-state index contributed by atoms with van der Waals surface area (Å²) < 4.78 is 6.56. The predicted octanol–water partition coefficient (Wildman–Crippen LogP) is 8.62. The van der Waals surface area contributed by atoms with Gasteiger partial charge in [0.2, 0.25) is 0 Å². The van der Waals surface area contributed by atoms with Gasteiger partial charge in [0.15, 0.2) is 0 Å². The van der Waals surface area contributed by atoms with Crippen LogP contribution in [0, 0.1) is 0 Å². The first-order chi connectivity index (χ1) is 16.4. The van der Waals surface area contributed by atoms with Crippen molar-refractivity contribution in [1.82, 2.24) is 4.98 Å². The van der Waals surface area contributed by atoms with Gasteiger partial charge in [0.05, 0.1) is 0 Å². The van der Waals surface area contributed by atoms with Gasteiger partial charge in [0.25, 0.3) is 0 Å². The Morgan fingerprint density at radius 2 is 1.27 bits per heavy atom. The van der Waals surface area contributed by atoms with Crippen LogP contribution in [0.1, 0.15) is 0 Å². The molecule has 0 radical (unpaired) electrons. The van der Waals surface area contributed by atoms with Crippen LogP contribution in [0.4, 0.5) is 0 Å². The molecule has 2 heteroatoms. The van der Waals surface area contributed by atoms with Gasteiger partial charge in [-0.2, -0.15) is 0 Å². The minimum Gasteiger partial charge on any atom is -0.455 e. The second-order valence-electron chi connectivity index (χ2n) is 8.43. The standard InChI is InChI=1S/C31H19NO/c1-3-9-25-21(6-1)15-16-28-29(25)30-26-10-4-2-7-23(26)18-27(31(30)33-28)22-13-11-20(12-14-22)24-8-5-17-32-19-24/h1-19H. The predicted molar refractivity (Wildman–Crippen MR) is 137 cm³/mol. The maximum atomic E-state index is 6.56. The van der Waals surface area contributed by atoms with Crippen molar-refractivity contribution >= 4 is 43.5 Å². The van der Waals surface area contributed by atoms with Crippen molar-refractivity contribution < 1.29 is 4.42 Å². The third kappa shape index (κ3) is 2.78. The van der Waals surface area contributed by atoms with Crippen LogP contribution >= 0.6 is 0 Å². The van der Waals surface area contributed by atoms with Gasteiger partial charge in [-0.05, 0) is 56.4 Å². The fourth-order valence-corrected chi connectivity index (χ4v) is 4.98. The van der Waals surface area contributed by atoms with Crippen LogP contribution in [0.15, 0.2) is 120 Å². The molecule has 0 aliphatic carbocycles. The minimum absolute atomic E-state index is 0.924. The van der Waals surface area contributed by atoms with Crippen LogP contribution in [-0.2, 0) is 0 Å². The minimum atomic E-state index is 0.924. The molecule has 0 saturated carbocycles. The van der Waals surface area contributed by atoms with Gasteiger partial charge in [0.1, 0.15) is 11.2 Å². The molecule has 7 aromatic rings.